The number of rotatable bonds is 0. The maximum Gasteiger partial charge on any atom is 0.181 e. The lowest BCUT2D eigenvalue weighted by Crippen LogP contribution is -2.66. The van der Waals surface area contributed by atoms with Crippen LogP contribution in [0.1, 0.15) is 65.7 Å². The minimum absolute atomic E-state index is 0.0162. The third-order valence-corrected chi connectivity index (χ3v) is 8.34. The molecule has 0 bridgehead atoms. The molecule has 3 nitrogen and oxygen atoms in total. The molecule has 24 heavy (non-hydrogen) atoms. The van der Waals surface area contributed by atoms with Crippen LogP contribution < -0.4 is 0 Å². The van der Waals surface area contributed by atoms with Crippen LogP contribution >= 0.6 is 0 Å². The van der Waals surface area contributed by atoms with Crippen LogP contribution in [-0.4, -0.2) is 27.9 Å². The summed E-state index contributed by atoms with van der Waals surface area (Å²) < 4.78 is 16.5. The standard InChI is InChI=1S/C20H27FO3/c1-17-8-6-13(22)10-12(17)4-5-15-14-7-9-19(3,24)18(14,2)11-16(23)20(15,17)21/h4,14-15,24H,5-11H2,1-3H3/t14-,15-,17-,18-,19-,20-/m0/s1. The summed E-state index contributed by atoms with van der Waals surface area (Å²) in [6.07, 6.45) is 5.12. The Morgan fingerprint density at radius 3 is 2.58 bits per heavy atom. The van der Waals surface area contributed by atoms with Gasteiger partial charge in [0.25, 0.3) is 0 Å². The number of Topliss-reactive ketones (excluding diaryl/α,β-unsaturated/α-hetero) is 2. The van der Waals surface area contributed by atoms with Gasteiger partial charge in [-0.1, -0.05) is 25.5 Å². The zero-order valence-electron chi connectivity index (χ0n) is 14.8. The second-order valence-corrected chi connectivity index (χ2v) is 9.27. The number of carbonyl (C=O) groups is 2. The number of hydrogen-bond donors (Lipinski definition) is 1. The Bertz CT molecular complexity index is 666. The highest BCUT2D eigenvalue weighted by molar-refractivity contribution is 5.93. The molecule has 0 spiro atoms. The predicted octanol–water partition coefficient (Wildman–Crippen LogP) is 3.54. The molecule has 0 aromatic carbocycles. The normalized spacial score (nSPS) is 54.0. The highest BCUT2D eigenvalue weighted by atomic mass is 19.1. The van der Waals surface area contributed by atoms with E-state index in [0.29, 0.717) is 32.1 Å². The quantitative estimate of drug-likeness (QED) is 0.689. The van der Waals surface area contributed by atoms with Crippen molar-refractivity contribution in [1.82, 2.24) is 0 Å². The first-order valence-electron chi connectivity index (χ1n) is 9.22. The van der Waals surface area contributed by atoms with E-state index < -0.39 is 22.1 Å². The van der Waals surface area contributed by atoms with E-state index in [0.717, 1.165) is 12.0 Å². The van der Waals surface area contributed by atoms with Crippen molar-refractivity contribution in [3.8, 4) is 0 Å². The van der Waals surface area contributed by atoms with Crippen LogP contribution in [-0.2, 0) is 9.59 Å². The van der Waals surface area contributed by atoms with Gasteiger partial charge in [-0.25, -0.2) is 4.39 Å². The molecule has 0 aromatic rings. The fourth-order valence-corrected chi connectivity index (χ4v) is 6.42. The van der Waals surface area contributed by atoms with Crippen LogP contribution in [0.2, 0.25) is 0 Å². The molecule has 4 rings (SSSR count). The van der Waals surface area contributed by atoms with Crippen molar-refractivity contribution in [1.29, 1.82) is 0 Å². The lowest BCUT2D eigenvalue weighted by Gasteiger charge is -2.60. The first-order valence-corrected chi connectivity index (χ1v) is 9.22. The van der Waals surface area contributed by atoms with Crippen LogP contribution in [0.25, 0.3) is 0 Å². The molecular formula is C20H27FO3. The van der Waals surface area contributed by atoms with Crippen LogP contribution in [0.4, 0.5) is 4.39 Å². The second-order valence-electron chi connectivity index (χ2n) is 9.27. The van der Waals surface area contributed by atoms with E-state index in [1.807, 2.05) is 19.9 Å². The molecule has 0 unspecified atom stereocenters. The summed E-state index contributed by atoms with van der Waals surface area (Å²) in [5, 5.41) is 10.8. The number of aliphatic hydroxyl groups is 1. The number of allylic oxidation sites excluding steroid dienone is 2. The molecule has 4 aliphatic carbocycles. The Morgan fingerprint density at radius 1 is 1.17 bits per heavy atom. The fraction of sp³-hybridized carbons (Fsp3) is 0.800. The van der Waals surface area contributed by atoms with Crippen LogP contribution in [0.15, 0.2) is 11.6 Å². The number of fused-ring (bicyclic) bond motifs is 5. The molecule has 3 fully saturated rings. The summed E-state index contributed by atoms with van der Waals surface area (Å²) in [5.41, 5.74) is -3.36. The van der Waals surface area contributed by atoms with Gasteiger partial charge in [-0.05, 0) is 38.5 Å². The first kappa shape index (κ1) is 16.4. The number of alkyl halides is 1. The summed E-state index contributed by atoms with van der Waals surface area (Å²) in [6.45, 7) is 5.62. The molecule has 4 aliphatic rings. The van der Waals surface area contributed by atoms with Gasteiger partial charge in [0.1, 0.15) is 5.78 Å². The van der Waals surface area contributed by atoms with Gasteiger partial charge in [-0.2, -0.15) is 0 Å². The minimum Gasteiger partial charge on any atom is -0.390 e. The van der Waals surface area contributed by atoms with Crippen molar-refractivity contribution in [2.75, 3.05) is 0 Å². The van der Waals surface area contributed by atoms with Crippen molar-refractivity contribution >= 4 is 11.6 Å². The number of carbonyl (C=O) groups excluding carboxylic acids is 2. The van der Waals surface area contributed by atoms with Crippen LogP contribution in [0.3, 0.4) is 0 Å². The predicted molar refractivity (Wildman–Crippen MR) is 88.1 cm³/mol. The van der Waals surface area contributed by atoms with Gasteiger partial charge in [0, 0.05) is 36.0 Å². The zero-order chi connectivity index (χ0) is 17.5. The smallest absolute Gasteiger partial charge is 0.181 e. The second kappa shape index (κ2) is 4.57. The van der Waals surface area contributed by atoms with Gasteiger partial charge in [0.15, 0.2) is 11.5 Å². The van der Waals surface area contributed by atoms with Crippen LogP contribution in [0.5, 0.6) is 0 Å². The summed E-state index contributed by atoms with van der Waals surface area (Å²) in [4.78, 5) is 25.0. The molecule has 0 amide bonds. The molecule has 1 N–H and O–H groups in total. The molecular weight excluding hydrogens is 307 g/mol. The molecule has 0 aromatic heterocycles. The van der Waals surface area contributed by atoms with Gasteiger partial charge in [-0.3, -0.25) is 9.59 Å². The first-order chi connectivity index (χ1) is 11.1. The summed E-state index contributed by atoms with van der Waals surface area (Å²) in [7, 11) is 0. The Morgan fingerprint density at radius 2 is 1.88 bits per heavy atom. The van der Waals surface area contributed by atoms with Crippen molar-refractivity contribution < 1.29 is 19.1 Å². The Kier molecular flexibility index (Phi) is 3.13. The van der Waals surface area contributed by atoms with E-state index in [2.05, 4.69) is 0 Å². The molecule has 0 radical (unpaired) electrons. The van der Waals surface area contributed by atoms with Gasteiger partial charge >= 0.3 is 0 Å². The highest BCUT2D eigenvalue weighted by Gasteiger charge is 2.72. The van der Waals surface area contributed by atoms with E-state index >= 15 is 4.39 Å². The monoisotopic (exact) mass is 334 g/mol. The summed E-state index contributed by atoms with van der Waals surface area (Å²) in [5.74, 6) is -0.560. The van der Waals surface area contributed by atoms with E-state index in [9.17, 15) is 14.7 Å². The van der Waals surface area contributed by atoms with Crippen molar-refractivity contribution in [2.24, 2.45) is 22.7 Å². The van der Waals surface area contributed by atoms with E-state index in [-0.39, 0.29) is 29.8 Å². The molecule has 0 saturated heterocycles. The topological polar surface area (TPSA) is 54.4 Å². The zero-order valence-corrected chi connectivity index (χ0v) is 14.8. The van der Waals surface area contributed by atoms with Crippen molar-refractivity contribution in [2.45, 2.75) is 77.0 Å². The van der Waals surface area contributed by atoms with Crippen molar-refractivity contribution in [3.05, 3.63) is 11.6 Å². The average Bonchev–Trinajstić information content (AvgIpc) is 2.72. The summed E-state index contributed by atoms with van der Waals surface area (Å²) in [6, 6.07) is 0. The third kappa shape index (κ3) is 1.66. The number of halogens is 1. The number of hydrogen-bond acceptors (Lipinski definition) is 3. The molecule has 3 saturated carbocycles. The van der Waals surface area contributed by atoms with Gasteiger partial charge in [0.05, 0.1) is 5.60 Å². The van der Waals surface area contributed by atoms with Gasteiger partial charge in [-0.15, -0.1) is 0 Å². The van der Waals surface area contributed by atoms with Gasteiger partial charge in [0.2, 0.25) is 0 Å². The maximum absolute atomic E-state index is 16.5. The molecule has 4 heteroatoms. The molecule has 6 atom stereocenters. The lowest BCUT2D eigenvalue weighted by molar-refractivity contribution is -0.181. The minimum atomic E-state index is -1.89. The Balaban J connectivity index is 1.84. The van der Waals surface area contributed by atoms with E-state index in [1.54, 1.807) is 6.92 Å². The maximum atomic E-state index is 16.5. The third-order valence-electron chi connectivity index (χ3n) is 8.34. The highest BCUT2D eigenvalue weighted by Crippen LogP contribution is 2.68. The summed E-state index contributed by atoms with van der Waals surface area (Å²) >= 11 is 0. The average molecular weight is 334 g/mol. The van der Waals surface area contributed by atoms with Gasteiger partial charge < -0.3 is 5.11 Å². The Labute approximate surface area is 142 Å². The lowest BCUT2D eigenvalue weighted by atomic mass is 9.45. The Hall–Kier alpha value is -1.03. The fourth-order valence-electron chi connectivity index (χ4n) is 6.42. The van der Waals surface area contributed by atoms with E-state index in [1.165, 1.54) is 0 Å². The van der Waals surface area contributed by atoms with Crippen LogP contribution in [0, 0.1) is 22.7 Å². The largest absolute Gasteiger partial charge is 0.390 e. The van der Waals surface area contributed by atoms with Crippen molar-refractivity contribution in [3.63, 3.8) is 0 Å². The van der Waals surface area contributed by atoms with E-state index in [4.69, 9.17) is 0 Å². The SMILES string of the molecule is C[C@]1(O)CC[C@H]2[C@@H]3CC=C4CC(=O)CC[C@]4(C)[C@@]3(F)C(=O)C[C@@]21C. The molecule has 132 valence electrons. The molecule has 0 aliphatic heterocycles. The number of ketones is 2. The molecule has 0 heterocycles.